The first-order valence-electron chi connectivity index (χ1n) is 5.31. The molecule has 0 aliphatic heterocycles. The number of rotatable bonds is 3. The van der Waals surface area contributed by atoms with Gasteiger partial charge >= 0.3 is 0 Å². The van der Waals surface area contributed by atoms with Crippen molar-refractivity contribution in [2.75, 3.05) is 7.05 Å². The van der Waals surface area contributed by atoms with Gasteiger partial charge in [0.2, 0.25) is 0 Å². The minimum absolute atomic E-state index is 0.493. The predicted molar refractivity (Wildman–Crippen MR) is 58.8 cm³/mol. The van der Waals surface area contributed by atoms with Crippen LogP contribution in [0.4, 0.5) is 0 Å². The van der Waals surface area contributed by atoms with E-state index >= 15 is 0 Å². The summed E-state index contributed by atoms with van der Waals surface area (Å²) >= 11 is 0. The number of hydrogen-bond acceptors (Lipinski definition) is 1. The zero-order valence-corrected chi connectivity index (χ0v) is 9.48. The fourth-order valence-corrected chi connectivity index (χ4v) is 2.76. The second-order valence-corrected chi connectivity index (χ2v) is 5.10. The molecular weight excluding hydrogens is 158 g/mol. The minimum Gasteiger partial charge on any atom is -0.313 e. The fourth-order valence-electron chi connectivity index (χ4n) is 2.76. The molecule has 2 atom stereocenters. The molecule has 0 saturated heterocycles. The van der Waals surface area contributed by atoms with Crippen LogP contribution < -0.4 is 5.32 Å². The van der Waals surface area contributed by atoms with Crippen molar-refractivity contribution in [3.05, 3.63) is 12.2 Å². The van der Waals surface area contributed by atoms with Gasteiger partial charge in [-0.25, -0.2) is 0 Å². The summed E-state index contributed by atoms with van der Waals surface area (Å²) in [5, 5.41) is 3.40. The van der Waals surface area contributed by atoms with Gasteiger partial charge in [-0.1, -0.05) is 32.4 Å². The van der Waals surface area contributed by atoms with Crippen molar-refractivity contribution in [3.63, 3.8) is 0 Å². The summed E-state index contributed by atoms with van der Waals surface area (Å²) in [4.78, 5) is 0. The van der Waals surface area contributed by atoms with E-state index in [1.165, 1.54) is 24.8 Å². The van der Waals surface area contributed by atoms with E-state index in [-0.39, 0.29) is 0 Å². The molecule has 13 heavy (non-hydrogen) atoms. The highest BCUT2D eigenvalue weighted by Gasteiger charge is 2.38. The second kappa shape index (κ2) is 3.83. The molecule has 1 fully saturated rings. The van der Waals surface area contributed by atoms with E-state index in [2.05, 4.69) is 32.7 Å². The Morgan fingerprint density at radius 1 is 1.54 bits per heavy atom. The number of nitrogens with one attached hydrogen (secondary N) is 1. The van der Waals surface area contributed by atoms with Gasteiger partial charge in [-0.2, -0.15) is 0 Å². The smallest absolute Gasteiger partial charge is 0.0304 e. The Kier molecular flexibility index (Phi) is 3.18. The van der Waals surface area contributed by atoms with E-state index in [9.17, 15) is 0 Å². The van der Waals surface area contributed by atoms with Gasteiger partial charge in [-0.05, 0) is 38.1 Å². The largest absolute Gasteiger partial charge is 0.313 e. The molecule has 1 N–H and O–H groups in total. The molecule has 0 aromatic carbocycles. The molecule has 1 saturated carbocycles. The first kappa shape index (κ1) is 10.8. The average Bonchev–Trinajstić information content (AvgIpc) is 2.32. The third-order valence-corrected chi connectivity index (χ3v) is 3.58. The first-order chi connectivity index (χ1) is 5.99. The highest BCUT2D eigenvalue weighted by atomic mass is 14.9. The molecule has 2 unspecified atom stereocenters. The molecule has 1 heteroatoms. The van der Waals surface area contributed by atoms with Gasteiger partial charge in [-0.3, -0.25) is 0 Å². The summed E-state index contributed by atoms with van der Waals surface area (Å²) in [6.45, 7) is 11.0. The van der Waals surface area contributed by atoms with Crippen molar-refractivity contribution in [2.45, 2.75) is 46.1 Å². The number of likely N-dealkylation sites (N-methyl/N-ethyl adjacent to an activating group) is 1. The van der Waals surface area contributed by atoms with Crippen molar-refractivity contribution in [1.29, 1.82) is 0 Å². The lowest BCUT2D eigenvalue weighted by molar-refractivity contribution is 0.220. The quantitative estimate of drug-likeness (QED) is 0.660. The van der Waals surface area contributed by atoms with Gasteiger partial charge in [0, 0.05) is 6.04 Å². The van der Waals surface area contributed by atoms with E-state index < -0.39 is 0 Å². The van der Waals surface area contributed by atoms with Gasteiger partial charge in [0.1, 0.15) is 0 Å². The van der Waals surface area contributed by atoms with Crippen LogP contribution in [0.5, 0.6) is 0 Å². The lowest BCUT2D eigenvalue weighted by Crippen LogP contribution is -2.39. The molecule has 0 aromatic heterocycles. The van der Waals surface area contributed by atoms with Crippen LogP contribution in [0.25, 0.3) is 0 Å². The molecule has 0 amide bonds. The first-order valence-corrected chi connectivity index (χ1v) is 5.31. The Hall–Kier alpha value is -0.300. The van der Waals surface area contributed by atoms with E-state index in [4.69, 9.17) is 0 Å². The van der Waals surface area contributed by atoms with Gasteiger partial charge in [0.25, 0.3) is 0 Å². The lowest BCUT2D eigenvalue weighted by atomic mass is 9.76. The third kappa shape index (κ3) is 2.14. The normalized spacial score (nSPS) is 28.8. The van der Waals surface area contributed by atoms with Crippen molar-refractivity contribution in [3.8, 4) is 0 Å². The van der Waals surface area contributed by atoms with Crippen LogP contribution in [-0.4, -0.2) is 13.1 Å². The molecule has 0 spiro atoms. The Labute approximate surface area is 82.6 Å². The standard InChI is InChI=1S/C12H23N/c1-9(2)11(13-5)10-7-6-8-12(10,3)4/h10-11,13H,1,6-8H2,2-5H3. The van der Waals surface area contributed by atoms with Gasteiger partial charge < -0.3 is 5.32 Å². The fraction of sp³-hybridized carbons (Fsp3) is 0.833. The topological polar surface area (TPSA) is 12.0 Å². The summed E-state index contributed by atoms with van der Waals surface area (Å²) in [5.41, 5.74) is 1.77. The number of hydrogen-bond donors (Lipinski definition) is 1. The summed E-state index contributed by atoms with van der Waals surface area (Å²) in [7, 11) is 2.05. The SMILES string of the molecule is C=C(C)C(NC)C1CCCC1(C)C. The maximum absolute atomic E-state index is 4.07. The molecule has 0 bridgehead atoms. The third-order valence-electron chi connectivity index (χ3n) is 3.58. The molecule has 0 radical (unpaired) electrons. The summed E-state index contributed by atoms with van der Waals surface area (Å²) in [6.07, 6.45) is 4.09. The van der Waals surface area contributed by atoms with Crippen LogP contribution in [-0.2, 0) is 0 Å². The van der Waals surface area contributed by atoms with Crippen molar-refractivity contribution in [2.24, 2.45) is 11.3 Å². The zero-order valence-electron chi connectivity index (χ0n) is 9.48. The van der Waals surface area contributed by atoms with E-state index in [0.29, 0.717) is 11.5 Å². The highest BCUT2D eigenvalue weighted by molar-refractivity contribution is 5.08. The maximum atomic E-state index is 4.07. The summed E-state index contributed by atoms with van der Waals surface area (Å²) < 4.78 is 0. The molecule has 0 heterocycles. The van der Waals surface area contributed by atoms with Crippen LogP contribution in [0, 0.1) is 11.3 Å². The Morgan fingerprint density at radius 3 is 2.46 bits per heavy atom. The summed E-state index contributed by atoms with van der Waals surface area (Å²) in [5.74, 6) is 0.773. The highest BCUT2D eigenvalue weighted by Crippen LogP contribution is 2.45. The van der Waals surface area contributed by atoms with E-state index in [0.717, 1.165) is 5.92 Å². The zero-order chi connectivity index (χ0) is 10.1. The van der Waals surface area contributed by atoms with Gasteiger partial charge in [0.05, 0.1) is 0 Å². The van der Waals surface area contributed by atoms with Crippen molar-refractivity contribution >= 4 is 0 Å². The molecule has 76 valence electrons. The molecule has 1 rings (SSSR count). The molecule has 1 aliphatic rings. The Bertz CT molecular complexity index is 193. The molecular formula is C12H23N. The van der Waals surface area contributed by atoms with E-state index in [1.54, 1.807) is 0 Å². The minimum atomic E-state index is 0.493. The lowest BCUT2D eigenvalue weighted by Gasteiger charge is -2.34. The van der Waals surface area contributed by atoms with Crippen LogP contribution in [0.15, 0.2) is 12.2 Å². The molecule has 1 aliphatic carbocycles. The van der Waals surface area contributed by atoms with Gasteiger partial charge in [-0.15, -0.1) is 0 Å². The van der Waals surface area contributed by atoms with Crippen molar-refractivity contribution in [1.82, 2.24) is 5.32 Å². The monoisotopic (exact) mass is 181 g/mol. The second-order valence-electron chi connectivity index (χ2n) is 5.10. The summed E-state index contributed by atoms with van der Waals surface area (Å²) in [6, 6.07) is 0.512. The molecule has 1 nitrogen and oxygen atoms in total. The van der Waals surface area contributed by atoms with E-state index in [1.807, 2.05) is 7.05 Å². The molecule has 0 aromatic rings. The van der Waals surface area contributed by atoms with Gasteiger partial charge in [0.15, 0.2) is 0 Å². The van der Waals surface area contributed by atoms with Crippen LogP contribution in [0.1, 0.15) is 40.0 Å². The average molecular weight is 181 g/mol. The van der Waals surface area contributed by atoms with Crippen molar-refractivity contribution < 1.29 is 0 Å². The van der Waals surface area contributed by atoms with Crippen LogP contribution in [0.2, 0.25) is 0 Å². The Morgan fingerprint density at radius 2 is 2.15 bits per heavy atom. The van der Waals surface area contributed by atoms with Crippen LogP contribution >= 0.6 is 0 Å². The van der Waals surface area contributed by atoms with Crippen LogP contribution in [0.3, 0.4) is 0 Å². The maximum Gasteiger partial charge on any atom is 0.0304 e. The Balaban J connectivity index is 2.74. The predicted octanol–water partition coefficient (Wildman–Crippen LogP) is 2.98.